The van der Waals surface area contributed by atoms with Crippen molar-refractivity contribution in [2.75, 3.05) is 11.1 Å². The fourth-order valence-corrected chi connectivity index (χ4v) is 3.28. The molecule has 2 heterocycles. The van der Waals surface area contributed by atoms with Crippen LogP contribution in [-0.4, -0.2) is 31.4 Å². The van der Waals surface area contributed by atoms with Crippen molar-refractivity contribution in [1.29, 1.82) is 0 Å². The summed E-state index contributed by atoms with van der Waals surface area (Å²) in [4.78, 5) is 38.7. The zero-order valence-corrected chi connectivity index (χ0v) is 17.3. The van der Waals surface area contributed by atoms with Crippen LogP contribution in [0.1, 0.15) is 28.3 Å². The van der Waals surface area contributed by atoms with Gasteiger partial charge in [-0.1, -0.05) is 23.9 Å². The first-order chi connectivity index (χ1) is 13.8. The van der Waals surface area contributed by atoms with Crippen LogP contribution in [0.3, 0.4) is 0 Å². The molecule has 0 radical (unpaired) electrons. The lowest BCUT2D eigenvalue weighted by molar-refractivity contribution is -0.113. The van der Waals surface area contributed by atoms with E-state index in [4.69, 9.17) is 4.42 Å². The molecule has 3 aromatic rings. The SMILES string of the molecule is Cc1cccc(NC(=O)CSc2nnc(Cc3c(C)[nH]c(=O)n(C)c3=O)o2)c1C. The Morgan fingerprint density at radius 2 is 2.00 bits per heavy atom. The molecule has 0 saturated heterocycles. The molecule has 0 unspecified atom stereocenters. The molecule has 0 bridgehead atoms. The van der Waals surface area contributed by atoms with E-state index in [9.17, 15) is 14.4 Å². The van der Waals surface area contributed by atoms with Crippen LogP contribution in [0.4, 0.5) is 5.69 Å². The molecule has 0 aliphatic carbocycles. The highest BCUT2D eigenvalue weighted by Gasteiger charge is 2.15. The molecule has 1 aromatic carbocycles. The molecule has 0 atom stereocenters. The molecule has 3 rings (SSSR count). The smallest absolute Gasteiger partial charge is 0.328 e. The van der Waals surface area contributed by atoms with Gasteiger partial charge in [-0.05, 0) is 38.0 Å². The second-order valence-electron chi connectivity index (χ2n) is 6.62. The normalized spacial score (nSPS) is 10.9. The fourth-order valence-electron chi connectivity index (χ4n) is 2.70. The molecule has 0 aliphatic rings. The maximum atomic E-state index is 12.3. The Kier molecular flexibility index (Phi) is 6.02. The molecule has 1 amide bonds. The Hall–Kier alpha value is -3.14. The molecule has 0 spiro atoms. The first-order valence-electron chi connectivity index (χ1n) is 8.86. The summed E-state index contributed by atoms with van der Waals surface area (Å²) in [6, 6.07) is 5.72. The quantitative estimate of drug-likeness (QED) is 0.588. The number of aryl methyl sites for hydroxylation is 2. The summed E-state index contributed by atoms with van der Waals surface area (Å²) >= 11 is 1.11. The number of carbonyl (C=O) groups excluding carboxylic acids is 1. The Balaban J connectivity index is 1.63. The van der Waals surface area contributed by atoms with Crippen molar-refractivity contribution in [2.24, 2.45) is 7.05 Å². The minimum Gasteiger partial charge on any atom is -0.416 e. The van der Waals surface area contributed by atoms with Crippen molar-refractivity contribution in [3.8, 4) is 0 Å². The second-order valence-corrected chi connectivity index (χ2v) is 7.55. The predicted octanol–water partition coefficient (Wildman–Crippen LogP) is 1.70. The van der Waals surface area contributed by atoms with Crippen LogP contribution < -0.4 is 16.6 Å². The minimum atomic E-state index is -0.479. The highest BCUT2D eigenvalue weighted by Crippen LogP contribution is 2.20. The van der Waals surface area contributed by atoms with Gasteiger partial charge in [0.05, 0.1) is 12.2 Å². The van der Waals surface area contributed by atoms with Crippen LogP contribution in [-0.2, 0) is 18.3 Å². The summed E-state index contributed by atoms with van der Waals surface area (Å²) in [5, 5.41) is 10.9. The summed E-state index contributed by atoms with van der Waals surface area (Å²) in [5.41, 5.74) is 2.83. The number of anilines is 1. The number of benzene rings is 1. The van der Waals surface area contributed by atoms with E-state index in [1.54, 1.807) is 6.92 Å². The maximum Gasteiger partial charge on any atom is 0.328 e. The van der Waals surface area contributed by atoms with E-state index >= 15 is 0 Å². The van der Waals surface area contributed by atoms with E-state index in [1.807, 2.05) is 32.0 Å². The van der Waals surface area contributed by atoms with Gasteiger partial charge in [-0.3, -0.25) is 14.2 Å². The molecular weight excluding hydrogens is 394 g/mol. The molecule has 152 valence electrons. The molecule has 0 aliphatic heterocycles. The highest BCUT2D eigenvalue weighted by atomic mass is 32.2. The molecule has 0 saturated carbocycles. The molecule has 29 heavy (non-hydrogen) atoms. The number of hydrogen-bond donors (Lipinski definition) is 2. The monoisotopic (exact) mass is 415 g/mol. The van der Waals surface area contributed by atoms with E-state index in [2.05, 4.69) is 20.5 Å². The molecule has 9 nitrogen and oxygen atoms in total. The average molecular weight is 415 g/mol. The van der Waals surface area contributed by atoms with E-state index in [0.717, 1.165) is 33.1 Å². The summed E-state index contributed by atoms with van der Waals surface area (Å²) in [5.74, 6) is 0.151. The van der Waals surface area contributed by atoms with E-state index in [1.165, 1.54) is 7.05 Å². The number of aromatic amines is 1. The lowest BCUT2D eigenvalue weighted by Crippen LogP contribution is -2.36. The van der Waals surface area contributed by atoms with Crippen molar-refractivity contribution in [3.63, 3.8) is 0 Å². The highest BCUT2D eigenvalue weighted by molar-refractivity contribution is 7.99. The zero-order chi connectivity index (χ0) is 21.1. The fraction of sp³-hybridized carbons (Fsp3) is 0.316. The number of nitrogens with one attached hydrogen (secondary N) is 2. The second kappa shape index (κ2) is 8.48. The van der Waals surface area contributed by atoms with Gasteiger partial charge in [0, 0.05) is 24.0 Å². The maximum absolute atomic E-state index is 12.3. The van der Waals surface area contributed by atoms with Crippen LogP contribution >= 0.6 is 11.8 Å². The van der Waals surface area contributed by atoms with Gasteiger partial charge in [-0.2, -0.15) is 0 Å². The van der Waals surface area contributed by atoms with Crippen LogP contribution in [0, 0.1) is 20.8 Å². The van der Waals surface area contributed by atoms with Crippen LogP contribution in [0.15, 0.2) is 37.4 Å². The van der Waals surface area contributed by atoms with Gasteiger partial charge >= 0.3 is 5.69 Å². The summed E-state index contributed by atoms with van der Waals surface area (Å²) < 4.78 is 6.52. The third-order valence-electron chi connectivity index (χ3n) is 4.60. The van der Waals surface area contributed by atoms with E-state index < -0.39 is 11.2 Å². The Bertz CT molecular complexity index is 1180. The molecule has 10 heteroatoms. The van der Waals surface area contributed by atoms with Crippen molar-refractivity contribution in [2.45, 2.75) is 32.4 Å². The number of aromatic nitrogens is 4. The van der Waals surface area contributed by atoms with Gasteiger partial charge in [0.2, 0.25) is 11.8 Å². The Morgan fingerprint density at radius 3 is 2.76 bits per heavy atom. The zero-order valence-electron chi connectivity index (χ0n) is 16.5. The van der Waals surface area contributed by atoms with Crippen LogP contribution in [0.25, 0.3) is 0 Å². The summed E-state index contributed by atoms with van der Waals surface area (Å²) in [6.45, 7) is 5.57. The topological polar surface area (TPSA) is 123 Å². The van der Waals surface area contributed by atoms with Gasteiger partial charge in [0.25, 0.3) is 10.8 Å². The number of thioether (sulfide) groups is 1. The standard InChI is InChI=1S/C19H21N5O4S/c1-10-6-5-7-14(11(10)2)21-15(25)9-29-19-23-22-16(28-19)8-13-12(3)20-18(27)24(4)17(13)26/h5-7H,8-9H2,1-4H3,(H,20,27)(H,21,25). The Labute approximate surface area is 170 Å². The Morgan fingerprint density at radius 1 is 1.24 bits per heavy atom. The molecule has 2 aromatic heterocycles. The average Bonchev–Trinajstić information content (AvgIpc) is 3.13. The summed E-state index contributed by atoms with van der Waals surface area (Å²) in [6.07, 6.45) is 0.0948. The third-order valence-corrected chi connectivity index (χ3v) is 5.41. The first kappa shape index (κ1) is 20.6. The van der Waals surface area contributed by atoms with Crippen molar-refractivity contribution in [1.82, 2.24) is 19.7 Å². The van der Waals surface area contributed by atoms with E-state index in [-0.39, 0.29) is 29.2 Å². The number of amides is 1. The molecular formula is C19H21N5O4S. The first-order valence-corrected chi connectivity index (χ1v) is 9.85. The third kappa shape index (κ3) is 4.65. The van der Waals surface area contributed by atoms with Gasteiger partial charge in [-0.25, -0.2) is 4.79 Å². The van der Waals surface area contributed by atoms with Crippen molar-refractivity contribution < 1.29 is 9.21 Å². The minimum absolute atomic E-state index is 0.0948. The van der Waals surface area contributed by atoms with E-state index in [0.29, 0.717) is 11.3 Å². The predicted molar refractivity (Wildman–Crippen MR) is 109 cm³/mol. The van der Waals surface area contributed by atoms with Gasteiger partial charge in [0.15, 0.2) is 0 Å². The largest absolute Gasteiger partial charge is 0.416 e. The number of hydrogen-bond acceptors (Lipinski definition) is 7. The van der Waals surface area contributed by atoms with Crippen LogP contribution in [0.5, 0.6) is 0 Å². The number of nitrogens with zero attached hydrogens (tertiary/aromatic N) is 3. The molecule has 0 fully saturated rings. The van der Waals surface area contributed by atoms with Gasteiger partial charge in [0.1, 0.15) is 0 Å². The van der Waals surface area contributed by atoms with Crippen molar-refractivity contribution in [3.05, 3.63) is 67.3 Å². The number of carbonyl (C=O) groups is 1. The van der Waals surface area contributed by atoms with Gasteiger partial charge in [-0.15, -0.1) is 10.2 Å². The van der Waals surface area contributed by atoms with Crippen LogP contribution in [0.2, 0.25) is 0 Å². The lowest BCUT2D eigenvalue weighted by atomic mass is 10.1. The molecule has 2 N–H and O–H groups in total. The number of rotatable bonds is 6. The lowest BCUT2D eigenvalue weighted by Gasteiger charge is -2.09. The van der Waals surface area contributed by atoms with Gasteiger partial charge < -0.3 is 14.7 Å². The number of H-pyrrole nitrogens is 1. The van der Waals surface area contributed by atoms with Crippen molar-refractivity contribution >= 4 is 23.4 Å². The summed E-state index contributed by atoms with van der Waals surface area (Å²) in [7, 11) is 1.40.